The van der Waals surface area contributed by atoms with Gasteiger partial charge in [-0.2, -0.15) is 4.52 Å². The average molecular weight is 280 g/mol. The highest BCUT2D eigenvalue weighted by molar-refractivity contribution is 5.65. The van der Waals surface area contributed by atoms with Gasteiger partial charge in [-0.15, -0.1) is 0 Å². The Morgan fingerprint density at radius 2 is 1.85 bits per heavy atom. The van der Waals surface area contributed by atoms with Gasteiger partial charge in [-0.3, -0.25) is 9.89 Å². The molecule has 0 radical (unpaired) electrons. The number of fused-ring (bicyclic) bond motifs is 1. The number of nitrogens with one attached hydrogen (secondary N) is 1. The fourth-order valence-electron chi connectivity index (χ4n) is 1.95. The van der Waals surface area contributed by atoms with Gasteiger partial charge in [0.25, 0.3) is 11.3 Å². The zero-order chi connectivity index (χ0) is 14.4. The number of hydrogen-bond acceptors (Lipinski definition) is 3. The molecule has 0 aliphatic carbocycles. The van der Waals surface area contributed by atoms with Gasteiger partial charge < -0.3 is 0 Å². The number of rotatable bonds is 1. The van der Waals surface area contributed by atoms with Crippen LogP contribution in [0.3, 0.4) is 0 Å². The Labute approximate surface area is 109 Å². The Morgan fingerprint density at radius 3 is 2.50 bits per heavy atom. The Kier molecular flexibility index (Phi) is 2.60. The predicted octanol–water partition coefficient (Wildman–Crippen LogP) is 1.81. The van der Waals surface area contributed by atoms with E-state index in [9.17, 15) is 18.0 Å². The first-order valence-electron chi connectivity index (χ1n) is 5.56. The number of hydrogen-bond donors (Lipinski definition) is 1. The smallest absolute Gasteiger partial charge is 0.277 e. The predicted molar refractivity (Wildman–Crippen MR) is 63.7 cm³/mol. The number of aromatic nitrogens is 4. The Hall–Kier alpha value is -2.64. The van der Waals surface area contributed by atoms with Gasteiger partial charge in [0, 0.05) is 17.7 Å². The number of aromatic amines is 1. The number of nitrogens with zero attached hydrogens (tertiary/aromatic N) is 3. The largest absolute Gasteiger partial charge is 0.278 e. The van der Waals surface area contributed by atoms with Crippen molar-refractivity contribution in [2.24, 2.45) is 0 Å². The van der Waals surface area contributed by atoms with Crippen molar-refractivity contribution >= 4 is 5.78 Å². The third-order valence-corrected chi connectivity index (χ3v) is 2.90. The van der Waals surface area contributed by atoms with E-state index in [1.165, 1.54) is 13.3 Å². The summed E-state index contributed by atoms with van der Waals surface area (Å²) in [4.78, 5) is 19.7. The molecular formula is C12H7F3N4O. The Balaban J connectivity index is 2.41. The van der Waals surface area contributed by atoms with E-state index in [-0.39, 0.29) is 17.0 Å². The first-order chi connectivity index (χ1) is 9.49. The van der Waals surface area contributed by atoms with Crippen molar-refractivity contribution < 1.29 is 13.2 Å². The first-order valence-corrected chi connectivity index (χ1v) is 5.56. The maximum absolute atomic E-state index is 13.8. The van der Waals surface area contributed by atoms with Crippen LogP contribution in [0, 0.1) is 24.4 Å². The zero-order valence-corrected chi connectivity index (χ0v) is 10.1. The summed E-state index contributed by atoms with van der Waals surface area (Å²) in [5, 5.41) is 2.53. The van der Waals surface area contributed by atoms with E-state index in [1.807, 2.05) is 0 Å². The minimum absolute atomic E-state index is 0.0242. The van der Waals surface area contributed by atoms with Crippen LogP contribution >= 0.6 is 0 Å². The minimum atomic E-state index is -1.13. The van der Waals surface area contributed by atoms with Crippen LogP contribution in [0.5, 0.6) is 0 Å². The van der Waals surface area contributed by atoms with Gasteiger partial charge in [-0.1, -0.05) is 0 Å². The summed E-state index contributed by atoms with van der Waals surface area (Å²) < 4.78 is 41.5. The van der Waals surface area contributed by atoms with E-state index in [1.54, 1.807) is 0 Å². The highest BCUT2D eigenvalue weighted by Crippen LogP contribution is 2.26. The molecule has 8 heteroatoms. The number of benzene rings is 1. The average Bonchev–Trinajstić information content (AvgIpc) is 2.82. The molecule has 0 bridgehead atoms. The van der Waals surface area contributed by atoms with Crippen molar-refractivity contribution in [2.75, 3.05) is 0 Å². The van der Waals surface area contributed by atoms with Crippen molar-refractivity contribution in [3.05, 3.63) is 51.8 Å². The SMILES string of the molecule is Cc1c(-c2c(F)cc(F)cc2F)nc2nc[nH]n2c1=O. The lowest BCUT2D eigenvalue weighted by atomic mass is 10.1. The molecule has 0 saturated carbocycles. The highest BCUT2D eigenvalue weighted by atomic mass is 19.1. The van der Waals surface area contributed by atoms with Crippen LogP contribution in [-0.2, 0) is 0 Å². The van der Waals surface area contributed by atoms with Crippen LogP contribution in [0.15, 0.2) is 23.3 Å². The van der Waals surface area contributed by atoms with Gasteiger partial charge in [0.15, 0.2) is 0 Å². The lowest BCUT2D eigenvalue weighted by molar-refractivity contribution is 0.547. The van der Waals surface area contributed by atoms with Crippen LogP contribution in [-0.4, -0.2) is 19.6 Å². The fraction of sp³-hybridized carbons (Fsp3) is 0.0833. The monoisotopic (exact) mass is 280 g/mol. The van der Waals surface area contributed by atoms with E-state index in [4.69, 9.17) is 0 Å². The number of halogens is 3. The Morgan fingerprint density at radius 1 is 1.20 bits per heavy atom. The van der Waals surface area contributed by atoms with Crippen molar-refractivity contribution in [2.45, 2.75) is 6.92 Å². The minimum Gasteiger partial charge on any atom is -0.278 e. The van der Waals surface area contributed by atoms with E-state index in [0.29, 0.717) is 12.1 Å². The zero-order valence-electron chi connectivity index (χ0n) is 10.1. The van der Waals surface area contributed by atoms with Gasteiger partial charge in [-0.25, -0.2) is 23.1 Å². The molecule has 0 unspecified atom stereocenters. The molecule has 3 aromatic rings. The van der Waals surface area contributed by atoms with Crippen LogP contribution in [0.1, 0.15) is 5.56 Å². The first kappa shape index (κ1) is 12.4. The maximum Gasteiger partial charge on any atom is 0.277 e. The summed E-state index contributed by atoms with van der Waals surface area (Å²) in [5.41, 5.74) is -1.26. The van der Waals surface area contributed by atoms with Crippen LogP contribution in [0.25, 0.3) is 17.0 Å². The van der Waals surface area contributed by atoms with E-state index in [2.05, 4.69) is 15.1 Å². The summed E-state index contributed by atoms with van der Waals surface area (Å²) >= 11 is 0. The van der Waals surface area contributed by atoms with Crippen LogP contribution < -0.4 is 5.56 Å². The quantitative estimate of drug-likeness (QED) is 0.739. The second-order valence-electron chi connectivity index (χ2n) is 4.16. The van der Waals surface area contributed by atoms with Crippen molar-refractivity contribution in [3.8, 4) is 11.3 Å². The number of H-pyrrole nitrogens is 1. The molecule has 20 heavy (non-hydrogen) atoms. The molecule has 5 nitrogen and oxygen atoms in total. The Bertz CT molecular complexity index is 861. The normalized spacial score (nSPS) is 11.2. The maximum atomic E-state index is 13.8. The molecule has 2 aromatic heterocycles. The van der Waals surface area contributed by atoms with Gasteiger partial charge >= 0.3 is 0 Å². The van der Waals surface area contributed by atoms with Crippen molar-refractivity contribution in [3.63, 3.8) is 0 Å². The lowest BCUT2D eigenvalue weighted by Crippen LogP contribution is -2.19. The van der Waals surface area contributed by atoms with Gasteiger partial charge in [-0.05, 0) is 6.92 Å². The highest BCUT2D eigenvalue weighted by Gasteiger charge is 2.20. The fourth-order valence-corrected chi connectivity index (χ4v) is 1.95. The molecule has 102 valence electrons. The molecule has 1 N–H and O–H groups in total. The summed E-state index contributed by atoms with van der Waals surface area (Å²) in [6.45, 7) is 1.38. The molecule has 0 atom stereocenters. The molecule has 0 amide bonds. The van der Waals surface area contributed by atoms with Crippen LogP contribution in [0.2, 0.25) is 0 Å². The topological polar surface area (TPSA) is 63.1 Å². The van der Waals surface area contributed by atoms with Crippen molar-refractivity contribution in [1.29, 1.82) is 0 Å². The van der Waals surface area contributed by atoms with E-state index < -0.39 is 28.6 Å². The lowest BCUT2D eigenvalue weighted by Gasteiger charge is -2.07. The standard InChI is InChI=1S/C12H7F3N4O/c1-5-10(9-7(14)2-6(13)3-8(9)15)18-12-16-4-17-19(12)11(5)20/h2-4H,1H3,(H,16,17,18). The van der Waals surface area contributed by atoms with Gasteiger partial charge in [0.05, 0.1) is 11.3 Å². The molecule has 0 aliphatic rings. The second kappa shape index (κ2) is 4.19. The summed E-state index contributed by atoms with van der Waals surface area (Å²) in [6.07, 6.45) is 1.23. The summed E-state index contributed by atoms with van der Waals surface area (Å²) in [6, 6.07) is 1.07. The summed E-state index contributed by atoms with van der Waals surface area (Å²) in [7, 11) is 0. The van der Waals surface area contributed by atoms with Crippen molar-refractivity contribution in [1.82, 2.24) is 19.6 Å². The van der Waals surface area contributed by atoms with Crippen LogP contribution in [0.4, 0.5) is 13.2 Å². The molecule has 1 aromatic carbocycles. The molecule has 0 saturated heterocycles. The third-order valence-electron chi connectivity index (χ3n) is 2.90. The van der Waals surface area contributed by atoms with Gasteiger partial charge in [0.2, 0.25) is 0 Å². The molecular weight excluding hydrogens is 273 g/mol. The molecule has 0 aliphatic heterocycles. The molecule has 0 spiro atoms. The summed E-state index contributed by atoms with van der Waals surface area (Å²) in [5.74, 6) is -3.33. The van der Waals surface area contributed by atoms with E-state index in [0.717, 1.165) is 4.52 Å². The second-order valence-corrected chi connectivity index (χ2v) is 4.16. The van der Waals surface area contributed by atoms with E-state index >= 15 is 0 Å². The van der Waals surface area contributed by atoms with Gasteiger partial charge in [0.1, 0.15) is 23.8 Å². The molecule has 0 fully saturated rings. The molecule has 2 heterocycles. The third kappa shape index (κ3) is 1.68. The molecule has 3 rings (SSSR count).